The Balaban J connectivity index is 2.95. The summed E-state index contributed by atoms with van der Waals surface area (Å²) in [5, 5.41) is 0. The van der Waals surface area contributed by atoms with E-state index in [9.17, 15) is 22.0 Å². The molecule has 0 spiro atoms. The largest absolute Gasteiger partial charge is 0.477 e. The normalized spacial score (nSPS) is 13.1. The molecule has 1 aromatic rings. The van der Waals surface area contributed by atoms with Gasteiger partial charge < -0.3 is 4.74 Å². The van der Waals surface area contributed by atoms with Crippen LogP contribution in [-0.2, 0) is 14.8 Å². The Kier molecular flexibility index (Phi) is 5.04. The van der Waals surface area contributed by atoms with Gasteiger partial charge in [-0.1, -0.05) is 13.8 Å². The number of ether oxygens (including phenoxy) is 1. The topological polar surface area (TPSA) is 72.5 Å². The third-order valence-electron chi connectivity index (χ3n) is 2.30. The molecule has 1 rings (SSSR count). The van der Waals surface area contributed by atoms with Gasteiger partial charge in [0.2, 0.25) is 10.0 Å². The van der Waals surface area contributed by atoms with Crippen molar-refractivity contribution in [3.05, 3.63) is 29.8 Å². The van der Waals surface area contributed by atoms with Gasteiger partial charge in [-0.05, 0) is 18.1 Å². The Labute approximate surface area is 116 Å². The van der Waals surface area contributed by atoms with Crippen LogP contribution in [-0.4, -0.2) is 26.7 Å². The minimum Gasteiger partial charge on any atom is -0.477 e. The van der Waals surface area contributed by atoms with Crippen LogP contribution in [0.3, 0.4) is 0 Å². The molecular formula is C12H15F2NO4S. The maximum atomic E-state index is 13.5. The Morgan fingerprint density at radius 1 is 1.30 bits per heavy atom. The standard InChI is InChI=1S/C12H15F2NO4S/c1-7(2)11(12(16)15-20(3,17)18)19-10-5-4-8(13)6-9(10)14/h4-7,11H,1-3H3,(H,15,16). The highest BCUT2D eigenvalue weighted by Crippen LogP contribution is 2.21. The molecule has 0 aromatic heterocycles. The van der Waals surface area contributed by atoms with Crippen LogP contribution >= 0.6 is 0 Å². The van der Waals surface area contributed by atoms with Gasteiger partial charge in [0, 0.05) is 6.07 Å². The summed E-state index contributed by atoms with van der Waals surface area (Å²) in [6.45, 7) is 3.21. The van der Waals surface area contributed by atoms with Gasteiger partial charge in [-0.15, -0.1) is 0 Å². The maximum absolute atomic E-state index is 13.5. The molecule has 0 radical (unpaired) electrons. The molecule has 1 aromatic carbocycles. The smallest absolute Gasteiger partial charge is 0.274 e. The Morgan fingerprint density at radius 2 is 1.90 bits per heavy atom. The summed E-state index contributed by atoms with van der Waals surface area (Å²) in [6, 6.07) is 2.62. The average molecular weight is 307 g/mol. The molecule has 20 heavy (non-hydrogen) atoms. The summed E-state index contributed by atoms with van der Waals surface area (Å²) in [7, 11) is -3.74. The molecule has 0 bridgehead atoms. The van der Waals surface area contributed by atoms with Crippen molar-refractivity contribution < 1.29 is 26.7 Å². The first-order chi connectivity index (χ1) is 9.10. The van der Waals surface area contributed by atoms with Crippen molar-refractivity contribution in [2.75, 3.05) is 6.26 Å². The Hall–Kier alpha value is -1.70. The highest BCUT2D eigenvalue weighted by atomic mass is 32.2. The molecule has 0 aliphatic carbocycles. The Bertz CT molecular complexity index is 601. The highest BCUT2D eigenvalue weighted by molar-refractivity contribution is 7.89. The van der Waals surface area contributed by atoms with Gasteiger partial charge in [0.05, 0.1) is 6.26 Å². The van der Waals surface area contributed by atoms with E-state index in [2.05, 4.69) is 0 Å². The van der Waals surface area contributed by atoms with E-state index < -0.39 is 39.6 Å². The first kappa shape index (κ1) is 16.4. The third-order valence-corrected chi connectivity index (χ3v) is 2.87. The number of halogens is 2. The average Bonchev–Trinajstić information content (AvgIpc) is 2.24. The molecule has 1 N–H and O–H groups in total. The summed E-state index contributed by atoms with van der Waals surface area (Å²) >= 11 is 0. The van der Waals surface area contributed by atoms with Crippen LogP contribution in [0.5, 0.6) is 5.75 Å². The van der Waals surface area contributed by atoms with Gasteiger partial charge in [-0.3, -0.25) is 9.52 Å². The molecule has 1 atom stereocenters. The first-order valence-corrected chi connectivity index (χ1v) is 7.62. The zero-order valence-electron chi connectivity index (χ0n) is 11.2. The third kappa shape index (κ3) is 4.76. The molecule has 0 heterocycles. The van der Waals surface area contributed by atoms with Crippen molar-refractivity contribution in [1.82, 2.24) is 4.72 Å². The number of benzene rings is 1. The zero-order valence-corrected chi connectivity index (χ0v) is 12.0. The van der Waals surface area contributed by atoms with Crippen molar-refractivity contribution >= 4 is 15.9 Å². The molecule has 112 valence electrons. The predicted molar refractivity (Wildman–Crippen MR) is 68.6 cm³/mol. The van der Waals surface area contributed by atoms with Crippen molar-refractivity contribution in [2.45, 2.75) is 20.0 Å². The number of amides is 1. The van der Waals surface area contributed by atoms with Gasteiger partial charge in [-0.2, -0.15) is 0 Å². The van der Waals surface area contributed by atoms with Crippen molar-refractivity contribution in [3.63, 3.8) is 0 Å². The summed E-state index contributed by atoms with van der Waals surface area (Å²) in [6.07, 6.45) is -0.398. The lowest BCUT2D eigenvalue weighted by Gasteiger charge is -2.21. The molecule has 5 nitrogen and oxygen atoms in total. The van der Waals surface area contributed by atoms with Crippen molar-refractivity contribution in [3.8, 4) is 5.75 Å². The van der Waals surface area contributed by atoms with Crippen LogP contribution in [0.15, 0.2) is 18.2 Å². The van der Waals surface area contributed by atoms with E-state index in [4.69, 9.17) is 4.74 Å². The molecule has 0 saturated carbocycles. The van der Waals surface area contributed by atoms with Gasteiger partial charge in [0.15, 0.2) is 17.7 Å². The fraction of sp³-hybridized carbons (Fsp3) is 0.417. The first-order valence-electron chi connectivity index (χ1n) is 5.73. The number of carbonyl (C=O) groups is 1. The summed E-state index contributed by atoms with van der Waals surface area (Å²) < 4.78 is 55.2. The van der Waals surface area contributed by atoms with E-state index in [0.717, 1.165) is 18.4 Å². The van der Waals surface area contributed by atoms with Crippen LogP contribution in [0.4, 0.5) is 8.78 Å². The van der Waals surface area contributed by atoms with Crippen molar-refractivity contribution in [2.24, 2.45) is 5.92 Å². The molecule has 0 aliphatic rings. The number of hydrogen-bond donors (Lipinski definition) is 1. The number of nitrogens with one attached hydrogen (secondary N) is 1. The summed E-state index contributed by atoms with van der Waals surface area (Å²) in [5.41, 5.74) is 0. The van der Waals surface area contributed by atoms with Gasteiger partial charge in [0.1, 0.15) is 5.82 Å². The zero-order chi connectivity index (χ0) is 15.5. The van der Waals surface area contributed by atoms with E-state index in [0.29, 0.717) is 6.07 Å². The SMILES string of the molecule is CC(C)C(Oc1ccc(F)cc1F)C(=O)NS(C)(=O)=O. The van der Waals surface area contributed by atoms with Gasteiger partial charge >= 0.3 is 0 Å². The molecule has 0 aliphatic heterocycles. The number of rotatable bonds is 5. The van der Waals surface area contributed by atoms with E-state index >= 15 is 0 Å². The molecule has 8 heteroatoms. The summed E-state index contributed by atoms with van der Waals surface area (Å²) in [4.78, 5) is 11.8. The maximum Gasteiger partial charge on any atom is 0.274 e. The predicted octanol–water partition coefficient (Wildman–Crippen LogP) is 1.44. The molecular weight excluding hydrogens is 292 g/mol. The van der Waals surface area contributed by atoms with Gasteiger partial charge in [-0.25, -0.2) is 17.2 Å². The highest BCUT2D eigenvalue weighted by Gasteiger charge is 2.27. The lowest BCUT2D eigenvalue weighted by molar-refractivity contribution is -0.128. The molecule has 1 unspecified atom stereocenters. The lowest BCUT2D eigenvalue weighted by Crippen LogP contribution is -2.44. The minimum absolute atomic E-state index is 0.325. The van der Waals surface area contributed by atoms with Crippen LogP contribution in [0, 0.1) is 17.6 Å². The Morgan fingerprint density at radius 3 is 2.35 bits per heavy atom. The quantitative estimate of drug-likeness (QED) is 0.893. The fourth-order valence-electron chi connectivity index (χ4n) is 1.44. The number of carbonyl (C=O) groups excluding carboxylic acids is 1. The van der Waals surface area contributed by atoms with Crippen LogP contribution in [0.2, 0.25) is 0 Å². The monoisotopic (exact) mass is 307 g/mol. The van der Waals surface area contributed by atoms with Crippen LogP contribution in [0.1, 0.15) is 13.8 Å². The van der Waals surface area contributed by atoms with E-state index in [1.54, 1.807) is 18.6 Å². The molecule has 0 saturated heterocycles. The van der Waals surface area contributed by atoms with E-state index in [1.807, 2.05) is 0 Å². The second-order valence-corrected chi connectivity index (χ2v) is 6.34. The van der Waals surface area contributed by atoms with Crippen LogP contribution < -0.4 is 9.46 Å². The van der Waals surface area contributed by atoms with Crippen molar-refractivity contribution in [1.29, 1.82) is 0 Å². The van der Waals surface area contributed by atoms with Gasteiger partial charge in [0.25, 0.3) is 5.91 Å². The van der Waals surface area contributed by atoms with E-state index in [1.165, 1.54) is 0 Å². The molecule has 0 fully saturated rings. The number of hydrogen-bond acceptors (Lipinski definition) is 4. The summed E-state index contributed by atoms with van der Waals surface area (Å²) in [5.74, 6) is -3.40. The second-order valence-electron chi connectivity index (χ2n) is 4.60. The fourth-order valence-corrected chi connectivity index (χ4v) is 1.92. The number of sulfonamides is 1. The van der Waals surface area contributed by atoms with Crippen LogP contribution in [0.25, 0.3) is 0 Å². The lowest BCUT2D eigenvalue weighted by atomic mass is 10.1. The second kappa shape index (κ2) is 6.17. The van der Waals surface area contributed by atoms with E-state index in [-0.39, 0.29) is 5.75 Å². The molecule has 1 amide bonds. The minimum atomic E-state index is -3.74.